The number of rotatable bonds is 1. The third kappa shape index (κ3) is 4.08. The van der Waals surface area contributed by atoms with Crippen LogP contribution in [0.25, 0.3) is 0 Å². The van der Waals surface area contributed by atoms with Gasteiger partial charge in [0.05, 0.1) is 6.10 Å². The highest BCUT2D eigenvalue weighted by atomic mass is 16.5. The molecule has 0 bridgehead atoms. The maximum Gasteiger partial charge on any atom is 0.317 e. The average molecular weight is 214 g/mol. The Morgan fingerprint density at radius 3 is 2.27 bits per heavy atom. The predicted molar refractivity (Wildman–Crippen MR) is 59.9 cm³/mol. The Hall–Kier alpha value is -0.770. The molecule has 1 rings (SSSR count). The molecule has 0 aromatic rings. The SMILES string of the molecule is COC1CCN(C(=O)NC(C)(C)C)CC1. The second-order valence-electron chi connectivity index (χ2n) is 5.10. The molecule has 0 radical (unpaired) electrons. The van der Waals surface area contributed by atoms with Gasteiger partial charge in [-0.2, -0.15) is 0 Å². The summed E-state index contributed by atoms with van der Waals surface area (Å²) in [5.41, 5.74) is -0.158. The van der Waals surface area contributed by atoms with E-state index >= 15 is 0 Å². The van der Waals surface area contributed by atoms with E-state index in [2.05, 4.69) is 5.32 Å². The maximum atomic E-state index is 11.8. The molecule has 0 spiro atoms. The largest absolute Gasteiger partial charge is 0.381 e. The number of hydrogen-bond acceptors (Lipinski definition) is 2. The average Bonchev–Trinajstić information content (AvgIpc) is 2.15. The van der Waals surface area contributed by atoms with Gasteiger partial charge in [0.25, 0.3) is 0 Å². The molecule has 0 aromatic carbocycles. The van der Waals surface area contributed by atoms with Gasteiger partial charge in [0.2, 0.25) is 0 Å². The van der Waals surface area contributed by atoms with Gasteiger partial charge >= 0.3 is 6.03 Å². The lowest BCUT2D eigenvalue weighted by molar-refractivity contribution is 0.0495. The Morgan fingerprint density at radius 1 is 1.33 bits per heavy atom. The predicted octanol–water partition coefficient (Wildman–Crippen LogP) is 1.61. The minimum absolute atomic E-state index is 0.0389. The van der Waals surface area contributed by atoms with Crippen LogP contribution in [0.3, 0.4) is 0 Å². The van der Waals surface area contributed by atoms with Gasteiger partial charge in [-0.15, -0.1) is 0 Å². The number of hydrogen-bond donors (Lipinski definition) is 1. The minimum Gasteiger partial charge on any atom is -0.381 e. The molecule has 1 aliphatic rings. The Labute approximate surface area is 92.0 Å². The molecule has 4 nitrogen and oxygen atoms in total. The van der Waals surface area contributed by atoms with Crippen molar-refractivity contribution >= 4 is 6.03 Å². The molecule has 4 heteroatoms. The first-order valence-corrected chi connectivity index (χ1v) is 5.52. The van der Waals surface area contributed by atoms with Crippen LogP contribution >= 0.6 is 0 Å². The van der Waals surface area contributed by atoms with Crippen molar-refractivity contribution in [1.29, 1.82) is 0 Å². The summed E-state index contributed by atoms with van der Waals surface area (Å²) < 4.78 is 5.26. The number of nitrogens with one attached hydrogen (secondary N) is 1. The van der Waals surface area contributed by atoms with E-state index in [0.29, 0.717) is 6.10 Å². The highest BCUT2D eigenvalue weighted by molar-refractivity contribution is 5.75. The molecule has 88 valence electrons. The van der Waals surface area contributed by atoms with Crippen molar-refractivity contribution in [2.24, 2.45) is 0 Å². The number of urea groups is 1. The number of carbonyl (C=O) groups is 1. The molecule has 0 aliphatic carbocycles. The maximum absolute atomic E-state index is 11.8. The van der Waals surface area contributed by atoms with Crippen LogP contribution in [0.5, 0.6) is 0 Å². The van der Waals surface area contributed by atoms with E-state index in [1.165, 1.54) is 0 Å². The number of ether oxygens (including phenoxy) is 1. The summed E-state index contributed by atoms with van der Waals surface area (Å²) in [7, 11) is 1.73. The number of likely N-dealkylation sites (tertiary alicyclic amines) is 1. The third-order valence-electron chi connectivity index (χ3n) is 2.54. The van der Waals surface area contributed by atoms with Crippen LogP contribution in [0.15, 0.2) is 0 Å². The molecular formula is C11H22N2O2. The normalized spacial score (nSPS) is 19.1. The lowest BCUT2D eigenvalue weighted by Crippen LogP contribution is -2.51. The summed E-state index contributed by atoms with van der Waals surface area (Å²) in [4.78, 5) is 13.6. The van der Waals surface area contributed by atoms with Gasteiger partial charge < -0.3 is 15.0 Å². The first-order chi connectivity index (χ1) is 6.92. The monoisotopic (exact) mass is 214 g/mol. The highest BCUT2D eigenvalue weighted by Gasteiger charge is 2.24. The summed E-state index contributed by atoms with van der Waals surface area (Å²) in [5, 5.41) is 2.97. The molecule has 0 aromatic heterocycles. The molecule has 1 saturated heterocycles. The summed E-state index contributed by atoms with van der Waals surface area (Å²) in [6.07, 6.45) is 2.20. The second-order valence-corrected chi connectivity index (χ2v) is 5.10. The number of nitrogens with zero attached hydrogens (tertiary/aromatic N) is 1. The van der Waals surface area contributed by atoms with Gasteiger partial charge in [-0.3, -0.25) is 0 Å². The van der Waals surface area contributed by atoms with Crippen molar-refractivity contribution in [3.05, 3.63) is 0 Å². The smallest absolute Gasteiger partial charge is 0.317 e. The van der Waals surface area contributed by atoms with E-state index in [0.717, 1.165) is 25.9 Å². The van der Waals surface area contributed by atoms with Crippen molar-refractivity contribution < 1.29 is 9.53 Å². The zero-order valence-corrected chi connectivity index (χ0v) is 10.2. The van der Waals surface area contributed by atoms with E-state index < -0.39 is 0 Å². The molecule has 1 aliphatic heterocycles. The molecule has 1 heterocycles. The minimum atomic E-state index is -0.158. The first-order valence-electron chi connectivity index (χ1n) is 5.52. The van der Waals surface area contributed by atoms with Crippen LogP contribution in [0.4, 0.5) is 4.79 Å². The van der Waals surface area contributed by atoms with Crippen molar-refractivity contribution in [2.75, 3.05) is 20.2 Å². The summed E-state index contributed by atoms with van der Waals surface area (Å²) in [6, 6.07) is 0.0389. The van der Waals surface area contributed by atoms with E-state index in [9.17, 15) is 4.79 Å². The standard InChI is InChI=1S/C11H22N2O2/c1-11(2,3)12-10(14)13-7-5-9(15-4)6-8-13/h9H,5-8H2,1-4H3,(H,12,14). The Balaban J connectivity index is 2.37. The van der Waals surface area contributed by atoms with Crippen molar-refractivity contribution in [3.8, 4) is 0 Å². The fourth-order valence-corrected chi connectivity index (χ4v) is 1.69. The van der Waals surface area contributed by atoms with Crippen molar-refractivity contribution in [1.82, 2.24) is 10.2 Å². The zero-order chi connectivity index (χ0) is 11.5. The van der Waals surface area contributed by atoms with Crippen LogP contribution in [0.1, 0.15) is 33.6 Å². The summed E-state index contributed by atoms with van der Waals surface area (Å²) >= 11 is 0. The van der Waals surface area contributed by atoms with Crippen LogP contribution in [0, 0.1) is 0 Å². The van der Waals surface area contributed by atoms with Gasteiger partial charge in [-0.05, 0) is 33.6 Å². The topological polar surface area (TPSA) is 41.6 Å². The molecule has 2 amide bonds. The first kappa shape index (κ1) is 12.3. The number of amides is 2. The summed E-state index contributed by atoms with van der Waals surface area (Å²) in [5.74, 6) is 0. The van der Waals surface area contributed by atoms with E-state index in [1.54, 1.807) is 7.11 Å². The van der Waals surface area contributed by atoms with Crippen LogP contribution in [-0.2, 0) is 4.74 Å². The fourth-order valence-electron chi connectivity index (χ4n) is 1.69. The lowest BCUT2D eigenvalue weighted by atomic mass is 10.1. The molecule has 0 saturated carbocycles. The quantitative estimate of drug-likeness (QED) is 0.720. The fraction of sp³-hybridized carbons (Fsp3) is 0.909. The van der Waals surface area contributed by atoms with Crippen molar-refractivity contribution in [3.63, 3.8) is 0 Å². The number of methoxy groups -OCH3 is 1. The van der Waals surface area contributed by atoms with Gasteiger partial charge in [-0.25, -0.2) is 4.79 Å². The Kier molecular flexibility index (Phi) is 3.97. The number of carbonyl (C=O) groups excluding carboxylic acids is 1. The summed E-state index contributed by atoms with van der Waals surface area (Å²) in [6.45, 7) is 7.56. The number of piperidine rings is 1. The van der Waals surface area contributed by atoms with E-state index in [4.69, 9.17) is 4.74 Å². The van der Waals surface area contributed by atoms with Gasteiger partial charge in [0.15, 0.2) is 0 Å². The van der Waals surface area contributed by atoms with Crippen LogP contribution in [-0.4, -0.2) is 42.8 Å². The highest BCUT2D eigenvalue weighted by Crippen LogP contribution is 2.13. The second kappa shape index (κ2) is 4.84. The Bertz CT molecular complexity index is 215. The molecule has 0 atom stereocenters. The van der Waals surface area contributed by atoms with Gasteiger partial charge in [0.1, 0.15) is 0 Å². The lowest BCUT2D eigenvalue weighted by Gasteiger charge is -2.33. The van der Waals surface area contributed by atoms with Crippen LogP contribution in [0.2, 0.25) is 0 Å². The molecule has 1 fully saturated rings. The van der Waals surface area contributed by atoms with Gasteiger partial charge in [-0.1, -0.05) is 0 Å². The Morgan fingerprint density at radius 2 is 1.87 bits per heavy atom. The van der Waals surface area contributed by atoms with Gasteiger partial charge in [0, 0.05) is 25.7 Å². The van der Waals surface area contributed by atoms with Crippen molar-refractivity contribution in [2.45, 2.75) is 45.3 Å². The third-order valence-corrected chi connectivity index (χ3v) is 2.54. The van der Waals surface area contributed by atoms with E-state index in [-0.39, 0.29) is 11.6 Å². The molecule has 0 unspecified atom stereocenters. The zero-order valence-electron chi connectivity index (χ0n) is 10.2. The van der Waals surface area contributed by atoms with E-state index in [1.807, 2.05) is 25.7 Å². The molecular weight excluding hydrogens is 192 g/mol. The van der Waals surface area contributed by atoms with Crippen LogP contribution < -0.4 is 5.32 Å². The molecule has 15 heavy (non-hydrogen) atoms. The molecule has 1 N–H and O–H groups in total.